The zero-order valence-electron chi connectivity index (χ0n) is 17.6. The summed E-state index contributed by atoms with van der Waals surface area (Å²) in [4.78, 5) is 18.4. The zero-order valence-corrected chi connectivity index (χ0v) is 18.4. The van der Waals surface area contributed by atoms with Gasteiger partial charge in [0.2, 0.25) is 5.13 Å². The van der Waals surface area contributed by atoms with Crippen LogP contribution in [0.25, 0.3) is 21.0 Å². The minimum atomic E-state index is -0.337. The van der Waals surface area contributed by atoms with E-state index in [9.17, 15) is 9.18 Å². The Kier molecular flexibility index (Phi) is 5.54. The number of hydrogen-bond acceptors (Lipinski definition) is 5. The van der Waals surface area contributed by atoms with E-state index in [1.807, 2.05) is 54.6 Å². The molecule has 0 fully saturated rings. The molecule has 1 heterocycles. The molecule has 4 aromatic carbocycles. The van der Waals surface area contributed by atoms with Crippen LogP contribution in [0.4, 0.5) is 9.52 Å². The predicted octanol–water partition coefficient (Wildman–Crippen LogP) is 6.28. The second-order valence-corrected chi connectivity index (χ2v) is 8.28. The molecule has 7 heteroatoms. The Morgan fingerprint density at radius 3 is 2.64 bits per heavy atom. The van der Waals surface area contributed by atoms with Crippen molar-refractivity contribution in [3.8, 4) is 5.75 Å². The molecule has 0 aliphatic rings. The molecule has 0 unspecified atom stereocenters. The fraction of sp³-hybridized carbons (Fsp3) is 0.0385. The molecule has 0 atom stereocenters. The molecule has 0 spiro atoms. The number of halogens is 1. The molecule has 1 amide bonds. The van der Waals surface area contributed by atoms with Crippen molar-refractivity contribution in [1.82, 2.24) is 4.98 Å². The molecule has 0 N–H and O–H groups in total. The molecule has 1 aromatic heterocycles. The number of rotatable bonds is 5. The minimum Gasteiger partial charge on any atom is -0.497 e. The number of hydrazone groups is 1. The first kappa shape index (κ1) is 20.8. The van der Waals surface area contributed by atoms with Gasteiger partial charge in [-0.25, -0.2) is 9.37 Å². The lowest BCUT2D eigenvalue weighted by atomic mass is 10.0. The first-order valence-electron chi connectivity index (χ1n) is 10.2. The largest absolute Gasteiger partial charge is 0.497 e. The maximum atomic E-state index is 13.7. The van der Waals surface area contributed by atoms with Gasteiger partial charge in [0, 0.05) is 5.56 Å². The molecule has 0 bridgehead atoms. The van der Waals surface area contributed by atoms with Crippen LogP contribution in [0.1, 0.15) is 15.9 Å². The van der Waals surface area contributed by atoms with Crippen LogP contribution in [0.15, 0.2) is 90.0 Å². The van der Waals surface area contributed by atoms with Gasteiger partial charge in [0.25, 0.3) is 5.91 Å². The zero-order chi connectivity index (χ0) is 22.8. The number of ether oxygens (including phenoxy) is 1. The van der Waals surface area contributed by atoms with Gasteiger partial charge in [0.05, 0.1) is 23.5 Å². The van der Waals surface area contributed by atoms with Gasteiger partial charge in [-0.2, -0.15) is 10.1 Å². The molecule has 0 aliphatic carbocycles. The number of hydrogen-bond donors (Lipinski definition) is 0. The number of methoxy groups -OCH3 is 1. The topological polar surface area (TPSA) is 54.8 Å². The lowest BCUT2D eigenvalue weighted by Gasteiger charge is -2.15. The van der Waals surface area contributed by atoms with Crippen LogP contribution in [0.3, 0.4) is 0 Å². The second kappa shape index (κ2) is 8.80. The Morgan fingerprint density at radius 2 is 1.82 bits per heavy atom. The Bertz CT molecular complexity index is 1490. The average molecular weight is 456 g/mol. The summed E-state index contributed by atoms with van der Waals surface area (Å²) in [6.07, 6.45) is 1.52. The summed E-state index contributed by atoms with van der Waals surface area (Å²) in [5, 5.41) is 7.97. The number of anilines is 1. The third kappa shape index (κ3) is 4.18. The highest BCUT2D eigenvalue weighted by molar-refractivity contribution is 7.22. The number of thiazole rings is 1. The van der Waals surface area contributed by atoms with Crippen LogP contribution in [0.2, 0.25) is 0 Å². The van der Waals surface area contributed by atoms with Crippen LogP contribution in [-0.4, -0.2) is 24.2 Å². The smallest absolute Gasteiger partial charge is 0.281 e. The van der Waals surface area contributed by atoms with E-state index in [1.165, 1.54) is 34.7 Å². The van der Waals surface area contributed by atoms with E-state index in [-0.39, 0.29) is 11.7 Å². The lowest BCUT2D eigenvalue weighted by molar-refractivity contribution is 0.0989. The van der Waals surface area contributed by atoms with E-state index in [0.717, 1.165) is 21.0 Å². The van der Waals surface area contributed by atoms with E-state index in [2.05, 4.69) is 10.1 Å². The second-order valence-electron chi connectivity index (χ2n) is 7.27. The number of aromatic nitrogens is 1. The van der Waals surface area contributed by atoms with Crippen molar-refractivity contribution >= 4 is 49.6 Å². The van der Waals surface area contributed by atoms with Gasteiger partial charge in [-0.05, 0) is 52.7 Å². The van der Waals surface area contributed by atoms with E-state index in [4.69, 9.17) is 4.74 Å². The summed E-state index contributed by atoms with van der Waals surface area (Å²) in [5.41, 5.74) is 1.92. The van der Waals surface area contributed by atoms with Crippen LogP contribution in [0.5, 0.6) is 5.75 Å². The van der Waals surface area contributed by atoms with Gasteiger partial charge in [0.1, 0.15) is 11.6 Å². The minimum absolute atomic E-state index is 0.309. The van der Waals surface area contributed by atoms with Crippen molar-refractivity contribution < 1.29 is 13.9 Å². The third-order valence-corrected chi connectivity index (χ3v) is 6.16. The Hall–Kier alpha value is -4.10. The molecule has 5 nitrogen and oxygen atoms in total. The number of carbonyl (C=O) groups is 1. The molecule has 0 saturated heterocycles. The number of nitrogens with zero attached hydrogens (tertiary/aromatic N) is 3. The Balaban J connectivity index is 1.61. The lowest BCUT2D eigenvalue weighted by Crippen LogP contribution is -2.25. The summed E-state index contributed by atoms with van der Waals surface area (Å²) >= 11 is 1.34. The molecule has 5 rings (SSSR count). The molecule has 0 aliphatic heterocycles. The summed E-state index contributed by atoms with van der Waals surface area (Å²) in [5.74, 6) is 0.0617. The molecular formula is C26H18FN3O2S. The number of fused-ring (bicyclic) bond motifs is 2. The van der Waals surface area contributed by atoms with Crippen molar-refractivity contribution in [3.63, 3.8) is 0 Å². The number of amides is 1. The highest BCUT2D eigenvalue weighted by Gasteiger charge is 2.22. The number of benzene rings is 4. The van der Waals surface area contributed by atoms with Gasteiger partial charge in [-0.3, -0.25) is 4.79 Å². The van der Waals surface area contributed by atoms with E-state index in [1.54, 1.807) is 25.3 Å². The fourth-order valence-corrected chi connectivity index (χ4v) is 4.45. The highest BCUT2D eigenvalue weighted by atomic mass is 32.1. The van der Waals surface area contributed by atoms with Crippen molar-refractivity contribution in [2.75, 3.05) is 12.1 Å². The van der Waals surface area contributed by atoms with Crippen LogP contribution >= 0.6 is 11.3 Å². The molecule has 0 radical (unpaired) electrons. The summed E-state index contributed by atoms with van der Waals surface area (Å²) in [6, 6.07) is 24.7. The molecule has 162 valence electrons. The van der Waals surface area contributed by atoms with E-state index in [0.29, 0.717) is 22.0 Å². The Morgan fingerprint density at radius 1 is 1.03 bits per heavy atom. The summed E-state index contributed by atoms with van der Waals surface area (Å²) in [7, 11) is 1.60. The van der Waals surface area contributed by atoms with E-state index >= 15 is 0 Å². The predicted molar refractivity (Wildman–Crippen MR) is 131 cm³/mol. The summed E-state index contributed by atoms with van der Waals surface area (Å²) < 4.78 is 19.5. The van der Waals surface area contributed by atoms with Crippen molar-refractivity contribution in [3.05, 3.63) is 102 Å². The van der Waals surface area contributed by atoms with Gasteiger partial charge >= 0.3 is 0 Å². The SMILES string of the molecule is COc1ccc2nc(N(/N=C/c3ccc(F)cc3)C(=O)c3cccc4ccccc34)sc2c1. The first-order chi connectivity index (χ1) is 16.1. The molecule has 5 aromatic rings. The van der Waals surface area contributed by atoms with Crippen molar-refractivity contribution in [1.29, 1.82) is 0 Å². The quantitative estimate of drug-likeness (QED) is 0.232. The third-order valence-electron chi connectivity index (χ3n) is 5.17. The highest BCUT2D eigenvalue weighted by Crippen LogP contribution is 2.33. The monoisotopic (exact) mass is 455 g/mol. The van der Waals surface area contributed by atoms with Gasteiger partial charge in [-0.15, -0.1) is 0 Å². The van der Waals surface area contributed by atoms with Crippen molar-refractivity contribution in [2.24, 2.45) is 5.10 Å². The van der Waals surface area contributed by atoms with Crippen molar-refractivity contribution in [2.45, 2.75) is 0 Å². The average Bonchev–Trinajstić information content (AvgIpc) is 3.27. The fourth-order valence-electron chi connectivity index (χ4n) is 3.50. The first-order valence-corrected chi connectivity index (χ1v) is 11.0. The normalized spacial score (nSPS) is 11.3. The van der Waals surface area contributed by atoms with Crippen LogP contribution in [-0.2, 0) is 0 Å². The molecule has 33 heavy (non-hydrogen) atoms. The maximum Gasteiger partial charge on any atom is 0.281 e. The van der Waals surface area contributed by atoms with Gasteiger partial charge < -0.3 is 4.74 Å². The standard InChI is InChI=1S/C26H18FN3O2S/c1-32-20-13-14-23-24(15-20)33-26(29-23)30(28-16-17-9-11-19(27)12-10-17)25(31)22-8-4-6-18-5-2-3-7-21(18)22/h2-16H,1H3/b28-16+. The molecular weight excluding hydrogens is 437 g/mol. The molecule has 0 saturated carbocycles. The van der Waals surface area contributed by atoms with E-state index < -0.39 is 0 Å². The van der Waals surface area contributed by atoms with Crippen LogP contribution < -0.4 is 9.75 Å². The number of carbonyl (C=O) groups excluding carboxylic acids is 1. The van der Waals surface area contributed by atoms with Crippen LogP contribution in [0, 0.1) is 5.82 Å². The van der Waals surface area contributed by atoms with Gasteiger partial charge in [-0.1, -0.05) is 59.9 Å². The maximum absolute atomic E-state index is 13.7. The Labute approximate surface area is 193 Å². The van der Waals surface area contributed by atoms with Gasteiger partial charge in [0.15, 0.2) is 0 Å². The summed E-state index contributed by atoms with van der Waals surface area (Å²) in [6.45, 7) is 0.